The Morgan fingerprint density at radius 2 is 1.65 bits per heavy atom. The van der Waals surface area contributed by atoms with Gasteiger partial charge in [0.05, 0.1) is 12.7 Å². The van der Waals surface area contributed by atoms with Crippen molar-refractivity contribution < 1.29 is 14.3 Å². The van der Waals surface area contributed by atoms with E-state index < -0.39 is 5.97 Å². The van der Waals surface area contributed by atoms with Gasteiger partial charge in [0.2, 0.25) is 0 Å². The molecule has 0 fully saturated rings. The first-order valence-electron chi connectivity index (χ1n) is 7.29. The Hall–Kier alpha value is -2.69. The summed E-state index contributed by atoms with van der Waals surface area (Å²) in [5, 5.41) is 2.87. The van der Waals surface area contributed by atoms with Crippen LogP contribution in [0.3, 0.4) is 0 Å². The maximum atomic E-state index is 12.6. The number of aryl methyl sites for hydroxylation is 3. The molecule has 0 bridgehead atoms. The number of aromatic nitrogens is 1. The largest absolute Gasteiger partial charge is 0.465 e. The van der Waals surface area contributed by atoms with Crippen molar-refractivity contribution in [3.8, 4) is 0 Å². The van der Waals surface area contributed by atoms with E-state index in [1.807, 2.05) is 32.9 Å². The second-order valence-corrected chi connectivity index (χ2v) is 5.49. The van der Waals surface area contributed by atoms with Crippen LogP contribution < -0.4 is 5.32 Å². The molecule has 1 aromatic heterocycles. The summed E-state index contributed by atoms with van der Waals surface area (Å²) in [5.74, 6) is -0.720. The van der Waals surface area contributed by atoms with Crippen LogP contribution in [0.4, 0.5) is 5.69 Å². The number of rotatable bonds is 3. The third kappa shape index (κ3) is 3.39. The molecule has 1 amide bonds. The van der Waals surface area contributed by atoms with E-state index in [4.69, 9.17) is 4.74 Å². The smallest absolute Gasteiger partial charge is 0.338 e. The molecule has 0 unspecified atom stereocenters. The van der Waals surface area contributed by atoms with Crippen LogP contribution in [0.1, 0.15) is 43.2 Å². The average Bonchev–Trinajstić information content (AvgIpc) is 2.52. The van der Waals surface area contributed by atoms with E-state index in [9.17, 15) is 9.59 Å². The molecule has 0 atom stereocenters. The van der Waals surface area contributed by atoms with Crippen molar-refractivity contribution in [1.82, 2.24) is 4.98 Å². The zero-order valence-corrected chi connectivity index (χ0v) is 14.0. The number of carbonyl (C=O) groups excluding carboxylic acids is 2. The molecule has 2 aromatic rings. The number of hydrogen-bond donors (Lipinski definition) is 1. The van der Waals surface area contributed by atoms with Crippen molar-refractivity contribution in [2.24, 2.45) is 0 Å². The predicted molar refractivity (Wildman–Crippen MR) is 88.9 cm³/mol. The van der Waals surface area contributed by atoms with Crippen LogP contribution in [0.15, 0.2) is 24.3 Å². The lowest BCUT2D eigenvalue weighted by Gasteiger charge is -2.15. The van der Waals surface area contributed by atoms with E-state index >= 15 is 0 Å². The molecular weight excluding hydrogens is 292 g/mol. The molecule has 5 heteroatoms. The van der Waals surface area contributed by atoms with Gasteiger partial charge in [0.25, 0.3) is 5.91 Å². The number of methoxy groups -OCH3 is 1. The Kier molecular flexibility index (Phi) is 4.79. The predicted octanol–water partition coefficient (Wildman–Crippen LogP) is 3.35. The van der Waals surface area contributed by atoms with Gasteiger partial charge < -0.3 is 10.1 Å². The van der Waals surface area contributed by atoms with E-state index in [0.717, 1.165) is 16.8 Å². The van der Waals surface area contributed by atoms with Crippen molar-refractivity contribution in [3.05, 3.63) is 57.9 Å². The van der Waals surface area contributed by atoms with Gasteiger partial charge in [-0.25, -0.2) is 9.78 Å². The third-order valence-corrected chi connectivity index (χ3v) is 3.77. The first kappa shape index (κ1) is 16.7. The summed E-state index contributed by atoms with van der Waals surface area (Å²) in [5.41, 5.74) is 4.55. The highest BCUT2D eigenvalue weighted by molar-refractivity contribution is 6.05. The van der Waals surface area contributed by atoms with Gasteiger partial charge in [-0.3, -0.25) is 4.79 Å². The van der Waals surface area contributed by atoms with Crippen molar-refractivity contribution in [2.45, 2.75) is 27.7 Å². The first-order valence-corrected chi connectivity index (χ1v) is 7.29. The van der Waals surface area contributed by atoms with Crippen molar-refractivity contribution in [2.75, 3.05) is 12.4 Å². The molecule has 23 heavy (non-hydrogen) atoms. The Labute approximate surface area is 135 Å². The second-order valence-electron chi connectivity index (χ2n) is 5.49. The fourth-order valence-corrected chi connectivity index (χ4v) is 2.40. The molecule has 1 aromatic carbocycles. The molecule has 0 aliphatic rings. The Bertz CT molecular complexity index is 782. The number of esters is 1. The summed E-state index contributed by atoms with van der Waals surface area (Å²) in [4.78, 5) is 28.7. The molecule has 0 radical (unpaired) electrons. The molecule has 0 saturated heterocycles. The lowest BCUT2D eigenvalue weighted by atomic mass is 10.0. The number of ether oxygens (including phenoxy) is 1. The van der Waals surface area contributed by atoms with E-state index in [2.05, 4.69) is 10.3 Å². The molecule has 0 spiro atoms. The highest BCUT2D eigenvalue weighted by Crippen LogP contribution is 2.25. The summed E-state index contributed by atoms with van der Waals surface area (Å²) < 4.78 is 4.77. The molecule has 5 nitrogen and oxygen atoms in total. The normalized spacial score (nSPS) is 10.3. The number of carbonyl (C=O) groups is 2. The lowest BCUT2D eigenvalue weighted by Crippen LogP contribution is -2.18. The van der Waals surface area contributed by atoms with Crippen LogP contribution in [0.2, 0.25) is 0 Å². The minimum absolute atomic E-state index is 0.292. The van der Waals surface area contributed by atoms with E-state index in [-0.39, 0.29) is 5.91 Å². The number of anilines is 1. The number of benzene rings is 1. The monoisotopic (exact) mass is 312 g/mol. The molecule has 0 saturated carbocycles. The van der Waals surface area contributed by atoms with Crippen LogP contribution in [-0.4, -0.2) is 24.0 Å². The highest BCUT2D eigenvalue weighted by atomic mass is 16.5. The van der Waals surface area contributed by atoms with Crippen LogP contribution in [0, 0.1) is 27.7 Å². The number of nitrogens with one attached hydrogen (secondary N) is 1. The molecule has 2 rings (SSSR count). The average molecular weight is 312 g/mol. The molecular formula is C18H20N2O3. The van der Waals surface area contributed by atoms with E-state index in [1.54, 1.807) is 19.1 Å². The van der Waals surface area contributed by atoms with Gasteiger partial charge >= 0.3 is 5.97 Å². The quantitative estimate of drug-likeness (QED) is 0.882. The van der Waals surface area contributed by atoms with Crippen molar-refractivity contribution in [3.63, 3.8) is 0 Å². The summed E-state index contributed by atoms with van der Waals surface area (Å²) in [6, 6.07) is 7.20. The standard InChI is InChI=1S/C18H20N2O3/c1-10-7-9-14(18(22)23-5)13(4)15(10)20-17(21)16-11(2)6-8-12(3)19-16/h6-9H,1-5H3,(H,20,21). The number of amides is 1. The maximum Gasteiger partial charge on any atom is 0.338 e. The van der Waals surface area contributed by atoms with Crippen molar-refractivity contribution >= 4 is 17.6 Å². The molecule has 0 aliphatic carbocycles. The van der Waals surface area contributed by atoms with Crippen LogP contribution >= 0.6 is 0 Å². The molecule has 120 valence electrons. The SMILES string of the molecule is COC(=O)c1ccc(C)c(NC(=O)c2nc(C)ccc2C)c1C. The zero-order valence-electron chi connectivity index (χ0n) is 14.0. The fourth-order valence-electron chi connectivity index (χ4n) is 2.40. The summed E-state index contributed by atoms with van der Waals surface area (Å²) in [7, 11) is 1.33. The Balaban J connectivity index is 2.41. The lowest BCUT2D eigenvalue weighted by molar-refractivity contribution is 0.0599. The topological polar surface area (TPSA) is 68.3 Å². The number of hydrogen-bond acceptors (Lipinski definition) is 4. The van der Waals surface area contributed by atoms with E-state index in [1.165, 1.54) is 7.11 Å². The van der Waals surface area contributed by atoms with E-state index in [0.29, 0.717) is 22.5 Å². The zero-order chi connectivity index (χ0) is 17.1. The summed E-state index contributed by atoms with van der Waals surface area (Å²) in [6.45, 7) is 7.34. The molecule has 1 N–H and O–H groups in total. The summed E-state index contributed by atoms with van der Waals surface area (Å²) in [6.07, 6.45) is 0. The minimum atomic E-state index is -0.428. The first-order chi connectivity index (χ1) is 10.8. The van der Waals surface area contributed by atoms with Gasteiger partial charge in [0.1, 0.15) is 5.69 Å². The fraction of sp³-hybridized carbons (Fsp3) is 0.278. The third-order valence-electron chi connectivity index (χ3n) is 3.77. The van der Waals surface area contributed by atoms with Gasteiger partial charge in [0.15, 0.2) is 0 Å². The van der Waals surface area contributed by atoms with Gasteiger partial charge in [-0.1, -0.05) is 12.1 Å². The maximum absolute atomic E-state index is 12.6. The van der Waals surface area contributed by atoms with Crippen LogP contribution in [-0.2, 0) is 4.74 Å². The Morgan fingerprint density at radius 1 is 1.00 bits per heavy atom. The molecule has 0 aliphatic heterocycles. The van der Waals surface area contributed by atoms with Gasteiger partial charge in [-0.2, -0.15) is 0 Å². The van der Waals surface area contributed by atoms with Crippen molar-refractivity contribution in [1.29, 1.82) is 0 Å². The molecule has 1 heterocycles. The summed E-state index contributed by atoms with van der Waals surface area (Å²) >= 11 is 0. The second kappa shape index (κ2) is 6.60. The minimum Gasteiger partial charge on any atom is -0.465 e. The Morgan fingerprint density at radius 3 is 2.30 bits per heavy atom. The van der Waals surface area contributed by atoms with Gasteiger partial charge in [0, 0.05) is 11.4 Å². The highest BCUT2D eigenvalue weighted by Gasteiger charge is 2.18. The van der Waals surface area contributed by atoms with Gasteiger partial charge in [-0.15, -0.1) is 0 Å². The van der Waals surface area contributed by atoms with Gasteiger partial charge in [-0.05, 0) is 56.5 Å². The van der Waals surface area contributed by atoms with Crippen LogP contribution in [0.5, 0.6) is 0 Å². The number of pyridine rings is 1. The number of nitrogens with zero attached hydrogens (tertiary/aromatic N) is 1. The van der Waals surface area contributed by atoms with Crippen LogP contribution in [0.25, 0.3) is 0 Å².